The summed E-state index contributed by atoms with van der Waals surface area (Å²) in [5, 5.41) is 3.32. The molecule has 23 heavy (non-hydrogen) atoms. The Morgan fingerprint density at radius 1 is 1.26 bits per heavy atom. The van der Waals surface area contributed by atoms with Gasteiger partial charge in [-0.25, -0.2) is 0 Å². The van der Waals surface area contributed by atoms with Gasteiger partial charge < -0.3 is 10.1 Å². The molecule has 1 rings (SSSR count). The average molecular weight is 341 g/mol. The smallest absolute Gasteiger partial charge is 0.264 e. The SMILES string of the molecule is COc1ccc([C@@H](/C=C/C(C)(C)C)NCCCS(=O)(=O)O)cc1. The summed E-state index contributed by atoms with van der Waals surface area (Å²) < 4.78 is 35.5. The van der Waals surface area contributed by atoms with Crippen LogP contribution in [0.5, 0.6) is 5.75 Å². The van der Waals surface area contributed by atoms with Gasteiger partial charge in [0.25, 0.3) is 10.1 Å². The molecular formula is C17H27NO4S. The number of hydrogen-bond donors (Lipinski definition) is 2. The fourth-order valence-electron chi connectivity index (χ4n) is 2.01. The van der Waals surface area contributed by atoms with Crippen LogP contribution in [0, 0.1) is 5.41 Å². The Balaban J connectivity index is 2.78. The van der Waals surface area contributed by atoms with Crippen LogP contribution in [-0.2, 0) is 10.1 Å². The van der Waals surface area contributed by atoms with Crippen molar-refractivity contribution in [3.8, 4) is 5.75 Å². The highest BCUT2D eigenvalue weighted by Gasteiger charge is 2.11. The number of rotatable bonds is 8. The lowest BCUT2D eigenvalue weighted by Gasteiger charge is -2.19. The molecule has 0 aliphatic heterocycles. The fourth-order valence-corrected chi connectivity index (χ4v) is 2.51. The van der Waals surface area contributed by atoms with Crippen molar-refractivity contribution in [2.24, 2.45) is 5.41 Å². The fraction of sp³-hybridized carbons (Fsp3) is 0.529. The predicted octanol–water partition coefficient (Wildman–Crippen LogP) is 3.21. The highest BCUT2D eigenvalue weighted by atomic mass is 32.2. The van der Waals surface area contributed by atoms with Gasteiger partial charge in [0.2, 0.25) is 0 Å². The largest absolute Gasteiger partial charge is 0.497 e. The Kier molecular flexibility index (Phi) is 7.25. The van der Waals surface area contributed by atoms with Gasteiger partial charge in [0, 0.05) is 0 Å². The van der Waals surface area contributed by atoms with E-state index in [2.05, 4.69) is 38.2 Å². The highest BCUT2D eigenvalue weighted by Crippen LogP contribution is 2.22. The second kappa shape index (κ2) is 8.47. The van der Waals surface area contributed by atoms with Crippen molar-refractivity contribution < 1.29 is 17.7 Å². The molecule has 0 bridgehead atoms. The third kappa shape index (κ3) is 8.74. The first-order chi connectivity index (χ1) is 10.6. The monoisotopic (exact) mass is 341 g/mol. The number of allylic oxidation sites excluding steroid dienone is 1. The van der Waals surface area contributed by atoms with Crippen LogP contribution in [0.4, 0.5) is 0 Å². The van der Waals surface area contributed by atoms with Crippen LogP contribution >= 0.6 is 0 Å². The van der Waals surface area contributed by atoms with Crippen LogP contribution < -0.4 is 10.1 Å². The molecular weight excluding hydrogens is 314 g/mol. The van der Waals surface area contributed by atoms with Crippen molar-refractivity contribution in [3.05, 3.63) is 42.0 Å². The van der Waals surface area contributed by atoms with Gasteiger partial charge in [-0.3, -0.25) is 4.55 Å². The molecule has 0 spiro atoms. The molecule has 5 nitrogen and oxygen atoms in total. The Morgan fingerprint density at radius 2 is 1.87 bits per heavy atom. The summed E-state index contributed by atoms with van der Waals surface area (Å²) in [5.41, 5.74) is 1.12. The van der Waals surface area contributed by atoms with Crippen LogP contribution in [0.3, 0.4) is 0 Å². The minimum Gasteiger partial charge on any atom is -0.497 e. The maximum atomic E-state index is 10.8. The molecule has 0 aliphatic carbocycles. The van der Waals surface area contributed by atoms with E-state index in [1.807, 2.05) is 24.3 Å². The van der Waals surface area contributed by atoms with E-state index in [4.69, 9.17) is 9.29 Å². The lowest BCUT2D eigenvalue weighted by molar-refractivity contribution is 0.414. The van der Waals surface area contributed by atoms with E-state index in [1.165, 1.54) is 0 Å². The highest BCUT2D eigenvalue weighted by molar-refractivity contribution is 7.85. The van der Waals surface area contributed by atoms with Crippen molar-refractivity contribution in [1.29, 1.82) is 0 Å². The van der Waals surface area contributed by atoms with Gasteiger partial charge in [-0.2, -0.15) is 8.42 Å². The first-order valence-electron chi connectivity index (χ1n) is 7.62. The predicted molar refractivity (Wildman–Crippen MR) is 93.4 cm³/mol. The van der Waals surface area contributed by atoms with Crippen LogP contribution in [-0.4, -0.2) is 32.4 Å². The van der Waals surface area contributed by atoms with Crippen LogP contribution in [0.25, 0.3) is 0 Å². The van der Waals surface area contributed by atoms with Gasteiger partial charge in [-0.1, -0.05) is 45.1 Å². The molecule has 0 fully saturated rings. The molecule has 0 radical (unpaired) electrons. The van der Waals surface area contributed by atoms with Gasteiger partial charge in [0.15, 0.2) is 0 Å². The molecule has 0 amide bonds. The maximum absolute atomic E-state index is 10.8. The zero-order valence-corrected chi connectivity index (χ0v) is 15.1. The summed E-state index contributed by atoms with van der Waals surface area (Å²) in [6, 6.07) is 7.72. The first-order valence-corrected chi connectivity index (χ1v) is 9.23. The van der Waals surface area contributed by atoms with Crippen LogP contribution in [0.1, 0.15) is 38.8 Å². The standard InChI is InChI=1S/C17H27NO4S/c1-17(2,3)11-10-16(18-12-5-13-23(19,20)21)14-6-8-15(22-4)9-7-14/h6-11,16,18H,5,12-13H2,1-4H3,(H,19,20,21)/b11-10+/t16-/m1/s1. The molecule has 0 saturated carbocycles. The van der Waals surface area contributed by atoms with Crippen molar-refractivity contribution >= 4 is 10.1 Å². The van der Waals surface area contributed by atoms with Gasteiger partial charge in [0.05, 0.1) is 18.9 Å². The number of methoxy groups -OCH3 is 1. The molecule has 0 saturated heterocycles. The molecule has 0 unspecified atom stereocenters. The molecule has 1 aromatic carbocycles. The van der Waals surface area contributed by atoms with E-state index in [1.54, 1.807) is 7.11 Å². The number of benzene rings is 1. The Hall–Kier alpha value is -1.37. The number of hydrogen-bond acceptors (Lipinski definition) is 4. The Labute approximate surface area is 139 Å². The van der Waals surface area contributed by atoms with Gasteiger partial charge in [-0.05, 0) is 36.1 Å². The van der Waals surface area contributed by atoms with Crippen molar-refractivity contribution in [3.63, 3.8) is 0 Å². The zero-order valence-electron chi connectivity index (χ0n) is 14.2. The Morgan fingerprint density at radius 3 is 2.35 bits per heavy atom. The van der Waals surface area contributed by atoms with E-state index < -0.39 is 10.1 Å². The van der Waals surface area contributed by atoms with Crippen molar-refractivity contribution in [2.45, 2.75) is 33.2 Å². The first kappa shape index (κ1) is 19.7. The summed E-state index contributed by atoms with van der Waals surface area (Å²) in [6.45, 7) is 6.84. The molecule has 130 valence electrons. The lowest BCUT2D eigenvalue weighted by Crippen LogP contribution is -2.23. The van der Waals surface area contributed by atoms with Gasteiger partial charge >= 0.3 is 0 Å². The minimum atomic E-state index is -3.91. The number of ether oxygens (including phenoxy) is 1. The van der Waals surface area contributed by atoms with Gasteiger partial charge in [-0.15, -0.1) is 0 Å². The Bertz CT molecular complexity index is 600. The lowest BCUT2D eigenvalue weighted by atomic mass is 9.94. The topological polar surface area (TPSA) is 75.6 Å². The normalized spacial score (nSPS) is 14.1. The van der Waals surface area contributed by atoms with Crippen molar-refractivity contribution in [2.75, 3.05) is 19.4 Å². The molecule has 0 heterocycles. The molecule has 0 aromatic heterocycles. The summed E-state index contributed by atoms with van der Waals surface area (Å²) in [6.07, 6.45) is 4.56. The summed E-state index contributed by atoms with van der Waals surface area (Å²) in [5.74, 6) is 0.553. The zero-order chi connectivity index (χ0) is 17.5. The third-order valence-corrected chi connectivity index (χ3v) is 4.01. The second-order valence-electron chi connectivity index (χ2n) is 6.57. The van der Waals surface area contributed by atoms with E-state index >= 15 is 0 Å². The third-order valence-electron chi connectivity index (χ3n) is 3.21. The maximum Gasteiger partial charge on any atom is 0.264 e. The summed E-state index contributed by atoms with van der Waals surface area (Å²) >= 11 is 0. The van der Waals surface area contributed by atoms with Crippen LogP contribution in [0.15, 0.2) is 36.4 Å². The van der Waals surface area contributed by atoms with Crippen molar-refractivity contribution in [1.82, 2.24) is 5.32 Å². The minimum absolute atomic E-state index is 0.0264. The molecule has 0 aliphatic rings. The van der Waals surface area contributed by atoms with E-state index in [-0.39, 0.29) is 17.2 Å². The molecule has 6 heteroatoms. The molecule has 1 aromatic rings. The molecule has 1 atom stereocenters. The second-order valence-corrected chi connectivity index (χ2v) is 8.14. The van der Waals surface area contributed by atoms with Crippen LogP contribution in [0.2, 0.25) is 0 Å². The average Bonchev–Trinajstić information content (AvgIpc) is 2.44. The van der Waals surface area contributed by atoms with E-state index in [9.17, 15) is 8.42 Å². The summed E-state index contributed by atoms with van der Waals surface area (Å²) in [4.78, 5) is 0. The van der Waals surface area contributed by atoms with E-state index in [0.29, 0.717) is 13.0 Å². The quantitative estimate of drug-likeness (QED) is 0.431. The van der Waals surface area contributed by atoms with Gasteiger partial charge in [0.1, 0.15) is 5.75 Å². The molecule has 2 N–H and O–H groups in total. The number of nitrogens with one attached hydrogen (secondary N) is 1. The summed E-state index contributed by atoms with van der Waals surface area (Å²) in [7, 11) is -2.28. The van der Waals surface area contributed by atoms with E-state index in [0.717, 1.165) is 11.3 Å².